The number of para-hydroxylation sites is 1. The van der Waals surface area contributed by atoms with Crippen LogP contribution >= 0.6 is 0 Å². The number of benzene rings is 1. The van der Waals surface area contributed by atoms with E-state index < -0.39 is 0 Å². The van der Waals surface area contributed by atoms with Gasteiger partial charge in [0.05, 0.1) is 11.3 Å². The van der Waals surface area contributed by atoms with Crippen molar-refractivity contribution < 1.29 is 4.79 Å². The van der Waals surface area contributed by atoms with Crippen LogP contribution < -0.4 is 11.3 Å². The molecule has 1 heterocycles. The summed E-state index contributed by atoms with van der Waals surface area (Å²) in [6, 6.07) is 7.81. The van der Waals surface area contributed by atoms with Crippen LogP contribution in [-0.4, -0.2) is 48.9 Å². The molecule has 1 saturated heterocycles. The summed E-state index contributed by atoms with van der Waals surface area (Å²) in [6.45, 7) is 1.60. The number of hydrogen-bond acceptors (Lipinski definition) is 4. The van der Waals surface area contributed by atoms with E-state index in [1.54, 1.807) is 0 Å². The van der Waals surface area contributed by atoms with Crippen molar-refractivity contribution in [2.45, 2.75) is 18.9 Å². The number of hydrogen-bond donors (Lipinski definition) is 2. The van der Waals surface area contributed by atoms with Crippen molar-refractivity contribution in [3.05, 3.63) is 29.8 Å². The first kappa shape index (κ1) is 13.8. The highest BCUT2D eigenvalue weighted by molar-refractivity contribution is 5.99. The number of carbonyl (C=O) groups excluding carboxylic acids is 1. The summed E-state index contributed by atoms with van der Waals surface area (Å²) in [6.07, 6.45) is 2.19. The molecule has 1 aliphatic heterocycles. The number of nitrogens with zero attached hydrogens (tertiary/aromatic N) is 2. The lowest BCUT2D eigenvalue weighted by atomic mass is 10.0. The maximum atomic E-state index is 12.6. The fraction of sp³-hybridized carbons (Fsp3) is 0.500. The molecule has 0 spiro atoms. The number of nitrogen functional groups attached to an aromatic ring is 1. The highest BCUT2D eigenvalue weighted by atomic mass is 16.2. The molecule has 5 nitrogen and oxygen atoms in total. The molecular formula is C14H22N4O. The average molecular weight is 262 g/mol. The van der Waals surface area contributed by atoms with Gasteiger partial charge in [-0.15, -0.1) is 0 Å². The van der Waals surface area contributed by atoms with Gasteiger partial charge in [-0.25, -0.2) is 0 Å². The Bertz CT molecular complexity index is 447. The summed E-state index contributed by atoms with van der Waals surface area (Å²) in [5.74, 6) is 5.52. The molecule has 0 bridgehead atoms. The van der Waals surface area contributed by atoms with Crippen LogP contribution in [0.3, 0.4) is 0 Å². The summed E-state index contributed by atoms with van der Waals surface area (Å²) >= 11 is 0. The fourth-order valence-corrected chi connectivity index (χ4v) is 2.53. The SMILES string of the molecule is CN(C)C1CCCN(C(=O)c2ccccc2NN)C1. The van der Waals surface area contributed by atoms with Crippen LogP contribution in [0.4, 0.5) is 5.69 Å². The van der Waals surface area contributed by atoms with Crippen LogP contribution in [0.1, 0.15) is 23.2 Å². The zero-order valence-electron chi connectivity index (χ0n) is 11.6. The van der Waals surface area contributed by atoms with E-state index in [0.717, 1.165) is 25.9 Å². The second kappa shape index (κ2) is 6.04. The molecule has 104 valence electrons. The molecule has 0 radical (unpaired) electrons. The Morgan fingerprint density at radius 3 is 2.84 bits per heavy atom. The van der Waals surface area contributed by atoms with E-state index in [0.29, 0.717) is 17.3 Å². The van der Waals surface area contributed by atoms with Crippen LogP contribution in [0.2, 0.25) is 0 Å². The van der Waals surface area contributed by atoms with E-state index in [9.17, 15) is 4.79 Å². The number of rotatable bonds is 3. The van der Waals surface area contributed by atoms with Gasteiger partial charge in [-0.3, -0.25) is 10.6 Å². The van der Waals surface area contributed by atoms with Crippen LogP contribution in [0, 0.1) is 0 Å². The van der Waals surface area contributed by atoms with Gasteiger partial charge in [0, 0.05) is 19.1 Å². The Hall–Kier alpha value is -1.59. The minimum absolute atomic E-state index is 0.0556. The third-order valence-corrected chi connectivity index (χ3v) is 3.73. The van der Waals surface area contributed by atoms with Gasteiger partial charge in [0.15, 0.2) is 0 Å². The van der Waals surface area contributed by atoms with Crippen molar-refractivity contribution >= 4 is 11.6 Å². The second-order valence-electron chi connectivity index (χ2n) is 5.20. The van der Waals surface area contributed by atoms with E-state index in [2.05, 4.69) is 24.4 Å². The first-order valence-electron chi connectivity index (χ1n) is 6.65. The summed E-state index contributed by atoms with van der Waals surface area (Å²) in [5, 5.41) is 0. The molecule has 3 N–H and O–H groups in total. The van der Waals surface area contributed by atoms with E-state index >= 15 is 0 Å². The number of amides is 1. The minimum atomic E-state index is 0.0556. The number of anilines is 1. The number of nitrogens with two attached hydrogens (primary N) is 1. The van der Waals surface area contributed by atoms with Gasteiger partial charge in [0.25, 0.3) is 5.91 Å². The standard InChI is InChI=1S/C14H22N4O/c1-17(2)11-6-5-9-18(10-11)14(19)12-7-3-4-8-13(12)16-15/h3-4,7-8,11,16H,5-6,9-10,15H2,1-2H3. The van der Waals surface area contributed by atoms with E-state index in [1.165, 1.54) is 0 Å². The molecule has 0 aromatic heterocycles. The molecule has 1 fully saturated rings. The molecule has 1 aromatic rings. The Labute approximate surface area is 114 Å². The normalized spacial score (nSPS) is 19.6. The molecule has 1 amide bonds. The van der Waals surface area contributed by atoms with E-state index in [4.69, 9.17) is 5.84 Å². The third-order valence-electron chi connectivity index (χ3n) is 3.73. The van der Waals surface area contributed by atoms with Crippen LogP contribution in [-0.2, 0) is 0 Å². The molecule has 0 aliphatic carbocycles. The molecule has 1 aromatic carbocycles. The van der Waals surface area contributed by atoms with E-state index in [-0.39, 0.29) is 5.91 Å². The van der Waals surface area contributed by atoms with Crippen molar-refractivity contribution in [1.29, 1.82) is 0 Å². The number of nitrogens with one attached hydrogen (secondary N) is 1. The Kier molecular flexibility index (Phi) is 4.39. The number of hydrazine groups is 1. The zero-order valence-corrected chi connectivity index (χ0v) is 11.6. The summed E-state index contributed by atoms with van der Waals surface area (Å²) in [7, 11) is 4.13. The topological polar surface area (TPSA) is 61.6 Å². The Morgan fingerprint density at radius 2 is 2.16 bits per heavy atom. The van der Waals surface area contributed by atoms with Gasteiger partial charge < -0.3 is 15.2 Å². The summed E-state index contributed by atoms with van der Waals surface area (Å²) in [5.41, 5.74) is 3.91. The quantitative estimate of drug-likeness (QED) is 0.633. The van der Waals surface area contributed by atoms with Crippen LogP contribution in [0.25, 0.3) is 0 Å². The third kappa shape index (κ3) is 3.05. The van der Waals surface area contributed by atoms with Crippen molar-refractivity contribution in [2.24, 2.45) is 5.84 Å². The van der Waals surface area contributed by atoms with Gasteiger partial charge in [-0.2, -0.15) is 0 Å². The highest BCUT2D eigenvalue weighted by Crippen LogP contribution is 2.20. The maximum Gasteiger partial charge on any atom is 0.256 e. The predicted octanol–water partition coefficient (Wildman–Crippen LogP) is 1.14. The molecular weight excluding hydrogens is 240 g/mol. The molecule has 0 saturated carbocycles. The second-order valence-corrected chi connectivity index (χ2v) is 5.20. The van der Waals surface area contributed by atoms with Crippen molar-refractivity contribution in [3.8, 4) is 0 Å². The lowest BCUT2D eigenvalue weighted by Crippen LogP contribution is -2.47. The van der Waals surface area contributed by atoms with Crippen molar-refractivity contribution in [1.82, 2.24) is 9.80 Å². The van der Waals surface area contributed by atoms with Crippen LogP contribution in [0.5, 0.6) is 0 Å². The Morgan fingerprint density at radius 1 is 1.42 bits per heavy atom. The zero-order chi connectivity index (χ0) is 13.8. The fourth-order valence-electron chi connectivity index (χ4n) is 2.53. The molecule has 1 aliphatic rings. The van der Waals surface area contributed by atoms with E-state index in [1.807, 2.05) is 29.2 Å². The molecule has 19 heavy (non-hydrogen) atoms. The van der Waals surface area contributed by atoms with Crippen molar-refractivity contribution in [2.75, 3.05) is 32.6 Å². The number of carbonyl (C=O) groups is 1. The number of likely N-dealkylation sites (tertiary alicyclic amines) is 1. The largest absolute Gasteiger partial charge is 0.337 e. The molecule has 2 rings (SSSR count). The summed E-state index contributed by atoms with van der Waals surface area (Å²) in [4.78, 5) is 16.7. The molecule has 1 atom stereocenters. The van der Waals surface area contributed by atoms with Crippen LogP contribution in [0.15, 0.2) is 24.3 Å². The highest BCUT2D eigenvalue weighted by Gasteiger charge is 2.26. The first-order chi connectivity index (χ1) is 9.13. The molecule has 1 unspecified atom stereocenters. The van der Waals surface area contributed by atoms with Gasteiger partial charge in [-0.1, -0.05) is 12.1 Å². The Balaban J connectivity index is 2.15. The van der Waals surface area contributed by atoms with Gasteiger partial charge in [-0.05, 0) is 39.1 Å². The monoisotopic (exact) mass is 262 g/mol. The summed E-state index contributed by atoms with van der Waals surface area (Å²) < 4.78 is 0. The first-order valence-corrected chi connectivity index (χ1v) is 6.65. The lowest BCUT2D eigenvalue weighted by Gasteiger charge is -2.36. The average Bonchev–Trinajstić information content (AvgIpc) is 2.46. The van der Waals surface area contributed by atoms with Crippen molar-refractivity contribution in [3.63, 3.8) is 0 Å². The number of piperidine rings is 1. The smallest absolute Gasteiger partial charge is 0.256 e. The molecule has 5 heteroatoms. The minimum Gasteiger partial charge on any atom is -0.337 e. The number of likely N-dealkylation sites (N-methyl/N-ethyl adjacent to an activating group) is 1. The van der Waals surface area contributed by atoms with Gasteiger partial charge in [0.1, 0.15) is 0 Å². The van der Waals surface area contributed by atoms with Gasteiger partial charge in [0.2, 0.25) is 0 Å². The maximum absolute atomic E-state index is 12.6. The predicted molar refractivity (Wildman–Crippen MR) is 76.9 cm³/mol. The van der Waals surface area contributed by atoms with Gasteiger partial charge >= 0.3 is 0 Å². The lowest BCUT2D eigenvalue weighted by molar-refractivity contribution is 0.0636.